The molecule has 7 fully saturated rings. The molecule has 4 N–H and O–H groups in total. The standard InChI is InChI=1S/C40H60O13/c1-19-11-26-7-9-29-20(2)12-25(48-29)6-5-22(42)15-33-35(45)39-40(53-33)36(46)38-30(52-39)10-8-27(50-38)13-23(43)14-28-32(17-31(49-26)21(19)3)51-34(37(28)47-4)16-24(44)18-41/h19,24-41,44-46H,2-3,5-18H2,1,4H3/t19-,24+,25+,26+,27-,28+,29+,30+,31+,32+,33-,34-,35+,36+,37-,38+,39+,40+/m1/s1. The zero-order chi connectivity index (χ0) is 37.6. The van der Waals surface area contributed by atoms with Crippen LogP contribution in [0, 0.1) is 11.8 Å². The number of rotatable bonds is 4. The molecule has 53 heavy (non-hydrogen) atoms. The molecule has 0 radical (unpaired) electrons. The number of Topliss-reactive ketones (excluding diaryl/α,β-unsaturated/α-hetero) is 2. The molecule has 7 saturated heterocycles. The summed E-state index contributed by atoms with van der Waals surface area (Å²) in [5.41, 5.74) is 2.00. The number of ether oxygens (including phenoxy) is 7. The topological polar surface area (TPSA) is 180 Å². The zero-order valence-electron chi connectivity index (χ0n) is 31.2. The molecule has 0 aromatic heterocycles. The molecule has 0 aromatic carbocycles. The molecule has 0 saturated carbocycles. The average molecular weight is 749 g/mol. The summed E-state index contributed by atoms with van der Waals surface area (Å²) in [5.74, 6) is -0.221. The summed E-state index contributed by atoms with van der Waals surface area (Å²) in [6.07, 6.45) is -3.55. The molecule has 18 atom stereocenters. The van der Waals surface area contributed by atoms with Crippen molar-refractivity contribution in [2.45, 2.75) is 188 Å². The fourth-order valence-corrected chi connectivity index (χ4v) is 10.1. The molecule has 0 aromatic rings. The van der Waals surface area contributed by atoms with Crippen LogP contribution in [-0.4, -0.2) is 143 Å². The van der Waals surface area contributed by atoms with Crippen molar-refractivity contribution in [1.29, 1.82) is 0 Å². The number of aliphatic hydroxyl groups is 4. The Hall–Kier alpha value is -1.62. The molecular weight excluding hydrogens is 688 g/mol. The highest BCUT2D eigenvalue weighted by molar-refractivity contribution is 5.79. The fourth-order valence-electron chi connectivity index (χ4n) is 10.1. The highest BCUT2D eigenvalue weighted by Crippen LogP contribution is 2.43. The normalized spacial score (nSPS) is 47.7. The predicted octanol–water partition coefficient (Wildman–Crippen LogP) is 2.27. The molecular formula is C40H60O13. The number of hydrogen-bond donors (Lipinski definition) is 4. The van der Waals surface area contributed by atoms with Crippen LogP contribution in [0.1, 0.15) is 90.4 Å². The lowest BCUT2D eigenvalue weighted by atomic mass is 9.81. The third-order valence-electron chi connectivity index (χ3n) is 13.1. The van der Waals surface area contributed by atoms with Crippen LogP contribution >= 0.6 is 0 Å². The van der Waals surface area contributed by atoms with Gasteiger partial charge in [-0.3, -0.25) is 9.59 Å². The van der Waals surface area contributed by atoms with Gasteiger partial charge >= 0.3 is 0 Å². The van der Waals surface area contributed by atoms with Gasteiger partial charge in [-0.1, -0.05) is 20.1 Å². The molecule has 13 nitrogen and oxygen atoms in total. The first-order valence-electron chi connectivity index (χ1n) is 19.9. The lowest BCUT2D eigenvalue weighted by Gasteiger charge is -2.46. The van der Waals surface area contributed by atoms with Gasteiger partial charge in [0.15, 0.2) is 0 Å². The quantitative estimate of drug-likeness (QED) is 0.308. The predicted molar refractivity (Wildman–Crippen MR) is 189 cm³/mol. The number of methoxy groups -OCH3 is 1. The monoisotopic (exact) mass is 748 g/mol. The Bertz CT molecular complexity index is 1340. The summed E-state index contributed by atoms with van der Waals surface area (Å²) in [6, 6.07) is 0. The molecule has 0 aliphatic carbocycles. The third kappa shape index (κ3) is 8.56. The summed E-state index contributed by atoms with van der Waals surface area (Å²) in [7, 11) is 1.58. The zero-order valence-corrected chi connectivity index (χ0v) is 31.2. The van der Waals surface area contributed by atoms with Crippen molar-refractivity contribution in [2.24, 2.45) is 11.8 Å². The van der Waals surface area contributed by atoms with Crippen LogP contribution in [0.5, 0.6) is 0 Å². The minimum Gasteiger partial charge on any atom is -0.394 e. The Kier molecular flexibility index (Phi) is 12.6. The van der Waals surface area contributed by atoms with Crippen molar-refractivity contribution in [3.63, 3.8) is 0 Å². The summed E-state index contributed by atoms with van der Waals surface area (Å²) in [4.78, 5) is 27.0. The number of fused-ring (bicyclic) bond motifs is 7. The third-order valence-corrected chi connectivity index (χ3v) is 13.1. The van der Waals surface area contributed by atoms with Crippen LogP contribution in [0.15, 0.2) is 24.3 Å². The molecule has 13 heteroatoms. The van der Waals surface area contributed by atoms with E-state index in [1.807, 2.05) is 0 Å². The Labute approximate surface area is 312 Å². The van der Waals surface area contributed by atoms with Crippen LogP contribution in [0.25, 0.3) is 0 Å². The van der Waals surface area contributed by atoms with Crippen LogP contribution < -0.4 is 0 Å². The summed E-state index contributed by atoms with van der Waals surface area (Å²) < 4.78 is 44.3. The maximum Gasteiger partial charge on any atom is 0.135 e. The molecule has 298 valence electrons. The number of hydrogen-bond acceptors (Lipinski definition) is 13. The largest absolute Gasteiger partial charge is 0.394 e. The van der Waals surface area contributed by atoms with Crippen molar-refractivity contribution in [2.75, 3.05) is 13.7 Å². The van der Waals surface area contributed by atoms with Gasteiger partial charge in [0.2, 0.25) is 0 Å². The first kappa shape index (κ1) is 39.6. The maximum absolute atomic E-state index is 13.9. The van der Waals surface area contributed by atoms with Gasteiger partial charge in [-0.25, -0.2) is 0 Å². The van der Waals surface area contributed by atoms with Crippen LogP contribution in [-0.2, 0) is 42.7 Å². The minimum atomic E-state index is -1.10. The number of carbonyl (C=O) groups is 2. The first-order chi connectivity index (χ1) is 25.4. The highest BCUT2D eigenvalue weighted by atomic mass is 16.6. The lowest BCUT2D eigenvalue weighted by Crippen LogP contribution is -2.61. The van der Waals surface area contributed by atoms with Gasteiger partial charge in [0.25, 0.3) is 0 Å². The Morgan fingerprint density at radius 2 is 1.45 bits per heavy atom. The Balaban J connectivity index is 1.11. The second kappa shape index (κ2) is 16.9. The van der Waals surface area contributed by atoms with Gasteiger partial charge in [0.1, 0.15) is 42.1 Å². The van der Waals surface area contributed by atoms with E-state index >= 15 is 0 Å². The van der Waals surface area contributed by atoms with Crippen molar-refractivity contribution in [1.82, 2.24) is 0 Å². The van der Waals surface area contributed by atoms with E-state index in [1.54, 1.807) is 7.11 Å². The second-order valence-electron chi connectivity index (χ2n) is 16.8. The minimum absolute atomic E-state index is 0.00643. The van der Waals surface area contributed by atoms with Crippen LogP contribution in [0.3, 0.4) is 0 Å². The van der Waals surface area contributed by atoms with Gasteiger partial charge in [-0.2, -0.15) is 0 Å². The van der Waals surface area contributed by atoms with E-state index in [0.29, 0.717) is 32.1 Å². The maximum atomic E-state index is 13.9. The van der Waals surface area contributed by atoms with E-state index < -0.39 is 79.9 Å². The van der Waals surface area contributed by atoms with E-state index in [9.17, 15) is 30.0 Å². The molecule has 0 unspecified atom stereocenters. The van der Waals surface area contributed by atoms with Gasteiger partial charge in [0, 0.05) is 51.6 Å². The first-order valence-corrected chi connectivity index (χ1v) is 19.9. The van der Waals surface area contributed by atoms with Crippen LogP contribution in [0.4, 0.5) is 0 Å². The van der Waals surface area contributed by atoms with E-state index in [4.69, 9.17) is 33.2 Å². The summed E-state index contributed by atoms with van der Waals surface area (Å²) in [5, 5.41) is 42.6. The van der Waals surface area contributed by atoms with Crippen LogP contribution in [0.2, 0.25) is 0 Å². The Morgan fingerprint density at radius 1 is 0.736 bits per heavy atom. The van der Waals surface area contributed by atoms with Gasteiger partial charge < -0.3 is 53.6 Å². The highest BCUT2D eigenvalue weighted by Gasteiger charge is 2.57. The van der Waals surface area contributed by atoms with Crippen molar-refractivity contribution < 1.29 is 63.2 Å². The Morgan fingerprint density at radius 3 is 2.23 bits per heavy atom. The molecule has 8 bridgehead atoms. The fraction of sp³-hybridized carbons (Fsp3) is 0.850. The van der Waals surface area contributed by atoms with E-state index in [-0.39, 0.29) is 79.9 Å². The van der Waals surface area contributed by atoms with E-state index in [0.717, 1.165) is 30.4 Å². The van der Waals surface area contributed by atoms with Gasteiger partial charge in [0.05, 0.1) is 73.8 Å². The van der Waals surface area contributed by atoms with Crippen molar-refractivity contribution in [3.05, 3.63) is 24.3 Å². The van der Waals surface area contributed by atoms with Crippen molar-refractivity contribution >= 4 is 11.6 Å². The molecule has 7 heterocycles. The second-order valence-corrected chi connectivity index (χ2v) is 16.8. The molecule has 7 aliphatic rings. The number of aliphatic hydroxyl groups excluding tert-OH is 4. The van der Waals surface area contributed by atoms with Crippen molar-refractivity contribution in [3.8, 4) is 0 Å². The average Bonchev–Trinajstić information content (AvgIpc) is 3.76. The van der Waals surface area contributed by atoms with Gasteiger partial charge in [-0.05, 0) is 62.0 Å². The number of carbonyl (C=O) groups excluding carboxylic acids is 2. The van der Waals surface area contributed by atoms with Gasteiger partial charge in [-0.15, -0.1) is 0 Å². The molecule has 7 rings (SSSR count). The molecule has 0 spiro atoms. The molecule has 7 aliphatic heterocycles. The lowest BCUT2D eigenvalue weighted by molar-refractivity contribution is -0.259. The SMILES string of the molecule is C=C1C[C@@H]2CCC(=O)C[C@H]3O[C@H]4[C@@H](O)[C@H]5O[C@H](CC[C@@H]5O[C@H]4[C@H]3O)CC(=O)C[C@@H]3[C@@H](OC)[C@@H](C[C@H](O)CO)O[C@H]3C[C@@H]3O[C@@H](CC[C@@H]1O2)C[C@@H](C)C3=C. The summed E-state index contributed by atoms with van der Waals surface area (Å²) >= 11 is 0. The van der Waals surface area contributed by atoms with E-state index in [2.05, 4.69) is 20.1 Å². The molecule has 0 amide bonds. The smallest absolute Gasteiger partial charge is 0.135 e. The number of ketones is 2. The summed E-state index contributed by atoms with van der Waals surface area (Å²) in [6.45, 7) is 10.4. The van der Waals surface area contributed by atoms with E-state index in [1.165, 1.54) is 0 Å².